The van der Waals surface area contributed by atoms with Crippen LogP contribution in [0.1, 0.15) is 15.9 Å². The fourth-order valence-corrected chi connectivity index (χ4v) is 1.71. The molecule has 78 valence electrons. The number of hydrogen-bond acceptors (Lipinski definition) is 4. The molecule has 0 amide bonds. The Balaban J connectivity index is 3.38. The number of esters is 1. The van der Waals surface area contributed by atoms with Crippen molar-refractivity contribution >= 4 is 28.6 Å². The molecule has 0 spiro atoms. The van der Waals surface area contributed by atoms with Crippen molar-refractivity contribution in [2.75, 3.05) is 14.2 Å². The number of carbonyl (C=O) groups is 1. The van der Waals surface area contributed by atoms with Gasteiger partial charge in [0.25, 0.3) is 0 Å². The molecule has 0 saturated heterocycles. The number of rotatable bonds is 2. The minimum atomic E-state index is -0.477. The van der Waals surface area contributed by atoms with Gasteiger partial charge in [0, 0.05) is 3.57 Å². The number of nitriles is 1. The molecule has 15 heavy (non-hydrogen) atoms. The lowest BCUT2D eigenvalue weighted by atomic mass is 10.1. The smallest absolute Gasteiger partial charge is 0.339 e. The fraction of sp³-hybridized carbons (Fsp3) is 0.200. The van der Waals surface area contributed by atoms with Gasteiger partial charge in [-0.15, -0.1) is 0 Å². The van der Waals surface area contributed by atoms with E-state index >= 15 is 0 Å². The average molecular weight is 317 g/mol. The van der Waals surface area contributed by atoms with Gasteiger partial charge in [0.1, 0.15) is 11.8 Å². The zero-order chi connectivity index (χ0) is 11.4. The molecule has 4 nitrogen and oxygen atoms in total. The van der Waals surface area contributed by atoms with Gasteiger partial charge >= 0.3 is 5.97 Å². The Hall–Kier alpha value is -1.29. The molecular formula is C10H8INO3. The zero-order valence-electron chi connectivity index (χ0n) is 8.20. The van der Waals surface area contributed by atoms with E-state index in [9.17, 15) is 4.79 Å². The summed E-state index contributed by atoms with van der Waals surface area (Å²) in [6.07, 6.45) is 0. The topological polar surface area (TPSA) is 59.3 Å². The van der Waals surface area contributed by atoms with Crippen LogP contribution in [-0.4, -0.2) is 20.2 Å². The number of methoxy groups -OCH3 is 2. The van der Waals surface area contributed by atoms with Crippen molar-refractivity contribution in [3.05, 3.63) is 26.8 Å². The molecule has 0 aliphatic carbocycles. The van der Waals surface area contributed by atoms with E-state index in [2.05, 4.69) is 4.74 Å². The zero-order valence-corrected chi connectivity index (χ0v) is 10.4. The third kappa shape index (κ3) is 2.39. The van der Waals surface area contributed by atoms with Crippen LogP contribution in [0.3, 0.4) is 0 Å². The maximum Gasteiger partial charge on any atom is 0.339 e. The van der Waals surface area contributed by atoms with Crippen molar-refractivity contribution < 1.29 is 14.3 Å². The number of hydrogen-bond donors (Lipinski definition) is 0. The van der Waals surface area contributed by atoms with Gasteiger partial charge in [0.15, 0.2) is 0 Å². The Bertz CT molecular complexity index is 437. The van der Waals surface area contributed by atoms with Crippen LogP contribution in [0, 0.1) is 14.9 Å². The van der Waals surface area contributed by atoms with Gasteiger partial charge in [-0.25, -0.2) is 4.79 Å². The lowest BCUT2D eigenvalue weighted by molar-refractivity contribution is 0.0599. The fourth-order valence-electron chi connectivity index (χ4n) is 1.06. The molecule has 0 bridgehead atoms. The standard InChI is InChI=1S/C10H8INO3/c1-14-7-3-6(5-12)9(11)8(4-7)10(13)15-2/h3-4H,1-2H3. The highest BCUT2D eigenvalue weighted by atomic mass is 127. The summed E-state index contributed by atoms with van der Waals surface area (Å²) in [5.74, 6) is -0.0119. The summed E-state index contributed by atoms with van der Waals surface area (Å²) in [6, 6.07) is 5.12. The molecule has 0 N–H and O–H groups in total. The molecule has 1 aromatic carbocycles. The van der Waals surface area contributed by atoms with Gasteiger partial charge in [0.05, 0.1) is 25.3 Å². The largest absolute Gasteiger partial charge is 0.497 e. The van der Waals surface area contributed by atoms with Crippen molar-refractivity contribution in [2.45, 2.75) is 0 Å². The first-order chi connectivity index (χ1) is 7.13. The summed E-state index contributed by atoms with van der Waals surface area (Å²) in [5.41, 5.74) is 0.740. The van der Waals surface area contributed by atoms with Gasteiger partial charge in [-0.2, -0.15) is 5.26 Å². The highest BCUT2D eigenvalue weighted by Gasteiger charge is 2.15. The molecule has 0 aromatic heterocycles. The third-order valence-corrected chi connectivity index (χ3v) is 2.97. The lowest BCUT2D eigenvalue weighted by Gasteiger charge is -2.07. The molecule has 0 aliphatic rings. The molecule has 5 heteroatoms. The summed E-state index contributed by atoms with van der Waals surface area (Å²) in [6.45, 7) is 0. The summed E-state index contributed by atoms with van der Waals surface area (Å²) < 4.78 is 10.2. The molecule has 0 radical (unpaired) electrons. The molecule has 1 rings (SSSR count). The maximum atomic E-state index is 11.4. The van der Waals surface area contributed by atoms with Crippen molar-refractivity contribution in [2.24, 2.45) is 0 Å². The van der Waals surface area contributed by atoms with Crippen LogP contribution in [0.25, 0.3) is 0 Å². The minimum absolute atomic E-state index is 0.342. The first kappa shape index (κ1) is 11.8. The van der Waals surface area contributed by atoms with Crippen molar-refractivity contribution in [1.82, 2.24) is 0 Å². The van der Waals surface area contributed by atoms with Crippen LogP contribution in [0.5, 0.6) is 5.75 Å². The second-order valence-corrected chi connectivity index (χ2v) is 3.72. The molecule has 1 aromatic rings. The second-order valence-electron chi connectivity index (χ2n) is 2.64. The second kappa shape index (κ2) is 4.98. The number of nitrogens with zero attached hydrogens (tertiary/aromatic N) is 1. The predicted octanol–water partition coefficient (Wildman–Crippen LogP) is 1.96. The van der Waals surface area contributed by atoms with Crippen LogP contribution in [0.2, 0.25) is 0 Å². The molecule has 0 saturated carbocycles. The maximum absolute atomic E-state index is 11.4. The van der Waals surface area contributed by atoms with Gasteiger partial charge in [-0.3, -0.25) is 0 Å². The van der Waals surface area contributed by atoms with Gasteiger partial charge in [-0.05, 0) is 34.7 Å². The molecule has 0 fully saturated rings. The van der Waals surface area contributed by atoms with Crippen LogP contribution in [-0.2, 0) is 4.74 Å². The molecular weight excluding hydrogens is 309 g/mol. The quantitative estimate of drug-likeness (QED) is 0.618. The summed E-state index contributed by atoms with van der Waals surface area (Å²) >= 11 is 1.93. The number of benzene rings is 1. The average Bonchev–Trinajstić information content (AvgIpc) is 2.28. The lowest BCUT2D eigenvalue weighted by Crippen LogP contribution is -2.05. The van der Waals surface area contributed by atoms with E-state index in [1.54, 1.807) is 12.1 Å². The number of carbonyl (C=O) groups excluding carboxylic acids is 1. The van der Waals surface area contributed by atoms with E-state index in [0.717, 1.165) is 0 Å². The third-order valence-electron chi connectivity index (χ3n) is 1.81. The SMILES string of the molecule is COC(=O)c1cc(OC)cc(C#N)c1I. The molecule has 0 aliphatic heterocycles. The van der Waals surface area contributed by atoms with E-state index < -0.39 is 5.97 Å². The normalized spacial score (nSPS) is 9.20. The summed E-state index contributed by atoms with van der Waals surface area (Å²) in [4.78, 5) is 11.4. The van der Waals surface area contributed by atoms with Crippen LogP contribution in [0.15, 0.2) is 12.1 Å². The molecule has 0 heterocycles. The van der Waals surface area contributed by atoms with E-state index in [4.69, 9.17) is 10.00 Å². The van der Waals surface area contributed by atoms with Gasteiger partial charge < -0.3 is 9.47 Å². The van der Waals surface area contributed by atoms with Crippen LogP contribution < -0.4 is 4.74 Å². The first-order valence-corrected chi connectivity index (χ1v) is 5.07. The Kier molecular flexibility index (Phi) is 3.91. The monoisotopic (exact) mass is 317 g/mol. The van der Waals surface area contributed by atoms with Crippen LogP contribution >= 0.6 is 22.6 Å². The van der Waals surface area contributed by atoms with E-state index in [-0.39, 0.29) is 0 Å². The van der Waals surface area contributed by atoms with Crippen molar-refractivity contribution in [3.8, 4) is 11.8 Å². The summed E-state index contributed by atoms with van der Waals surface area (Å²) in [5, 5.41) is 8.85. The Labute approximate surface area is 101 Å². The van der Waals surface area contributed by atoms with E-state index in [1.807, 2.05) is 28.7 Å². The van der Waals surface area contributed by atoms with Crippen molar-refractivity contribution in [1.29, 1.82) is 5.26 Å². The highest BCUT2D eigenvalue weighted by Crippen LogP contribution is 2.24. The van der Waals surface area contributed by atoms with E-state index in [0.29, 0.717) is 20.4 Å². The number of ether oxygens (including phenoxy) is 2. The predicted molar refractivity (Wildman–Crippen MR) is 61.8 cm³/mol. The van der Waals surface area contributed by atoms with E-state index in [1.165, 1.54) is 14.2 Å². The first-order valence-electron chi connectivity index (χ1n) is 4.00. The summed E-state index contributed by atoms with van der Waals surface area (Å²) in [7, 11) is 2.77. The Morgan fingerprint density at radius 2 is 2.13 bits per heavy atom. The Morgan fingerprint density at radius 3 is 2.60 bits per heavy atom. The molecule has 0 atom stereocenters. The molecule has 0 unspecified atom stereocenters. The minimum Gasteiger partial charge on any atom is -0.497 e. The van der Waals surface area contributed by atoms with Gasteiger partial charge in [0.2, 0.25) is 0 Å². The van der Waals surface area contributed by atoms with Gasteiger partial charge in [-0.1, -0.05) is 0 Å². The highest BCUT2D eigenvalue weighted by molar-refractivity contribution is 14.1. The number of halogens is 1. The Morgan fingerprint density at radius 1 is 1.47 bits per heavy atom. The van der Waals surface area contributed by atoms with Crippen LogP contribution in [0.4, 0.5) is 0 Å². The van der Waals surface area contributed by atoms with Crippen molar-refractivity contribution in [3.63, 3.8) is 0 Å².